The molecule has 0 aliphatic carbocycles. The van der Waals surface area contributed by atoms with Crippen LogP contribution in [-0.4, -0.2) is 13.1 Å². The average Bonchev–Trinajstić information content (AvgIpc) is 2.77. The molecule has 2 N–H and O–H groups in total. The molecule has 0 radical (unpaired) electrons. The number of hydrogen-bond acceptors (Lipinski definition) is 2. The SMILES string of the molecule is CCC1CCN(c2cc(Br)ccc2CN)C1. The van der Waals surface area contributed by atoms with Gasteiger partial charge < -0.3 is 10.6 Å². The van der Waals surface area contributed by atoms with Gasteiger partial charge in [0, 0.05) is 29.8 Å². The summed E-state index contributed by atoms with van der Waals surface area (Å²) in [4.78, 5) is 2.47. The van der Waals surface area contributed by atoms with Crippen LogP contribution in [0.2, 0.25) is 0 Å². The van der Waals surface area contributed by atoms with Gasteiger partial charge in [-0.15, -0.1) is 0 Å². The van der Waals surface area contributed by atoms with Crippen molar-refractivity contribution < 1.29 is 0 Å². The second-order valence-electron chi connectivity index (χ2n) is 4.49. The standard InChI is InChI=1S/C13H19BrN2/c1-2-10-5-6-16(9-10)13-7-12(14)4-3-11(13)8-15/h3-4,7,10H,2,5-6,8-9,15H2,1H3. The Morgan fingerprint density at radius 1 is 1.50 bits per heavy atom. The lowest BCUT2D eigenvalue weighted by molar-refractivity contribution is 0.569. The molecule has 1 heterocycles. The molecule has 0 spiro atoms. The second-order valence-corrected chi connectivity index (χ2v) is 5.40. The fourth-order valence-electron chi connectivity index (χ4n) is 2.39. The van der Waals surface area contributed by atoms with Gasteiger partial charge in [0.25, 0.3) is 0 Å². The Kier molecular flexibility index (Phi) is 3.87. The number of rotatable bonds is 3. The van der Waals surface area contributed by atoms with Gasteiger partial charge in [0.2, 0.25) is 0 Å². The Labute approximate surface area is 106 Å². The molecule has 0 saturated carbocycles. The van der Waals surface area contributed by atoms with Gasteiger partial charge in [-0.2, -0.15) is 0 Å². The molecule has 1 unspecified atom stereocenters. The molecule has 1 fully saturated rings. The summed E-state index contributed by atoms with van der Waals surface area (Å²) in [5.74, 6) is 0.851. The van der Waals surface area contributed by atoms with Gasteiger partial charge in [-0.3, -0.25) is 0 Å². The number of benzene rings is 1. The van der Waals surface area contributed by atoms with Crippen molar-refractivity contribution in [3.8, 4) is 0 Å². The Hall–Kier alpha value is -0.540. The minimum absolute atomic E-state index is 0.621. The van der Waals surface area contributed by atoms with E-state index in [-0.39, 0.29) is 0 Å². The van der Waals surface area contributed by atoms with E-state index in [1.807, 2.05) is 0 Å². The highest BCUT2D eigenvalue weighted by Crippen LogP contribution is 2.30. The van der Waals surface area contributed by atoms with E-state index in [0.717, 1.165) is 10.4 Å². The van der Waals surface area contributed by atoms with E-state index >= 15 is 0 Å². The number of anilines is 1. The van der Waals surface area contributed by atoms with Gasteiger partial charge in [-0.05, 0) is 30.0 Å². The number of hydrogen-bond donors (Lipinski definition) is 1. The number of nitrogens with zero attached hydrogens (tertiary/aromatic N) is 1. The largest absolute Gasteiger partial charge is 0.371 e. The van der Waals surface area contributed by atoms with Crippen LogP contribution in [-0.2, 0) is 6.54 Å². The molecular weight excluding hydrogens is 264 g/mol. The maximum Gasteiger partial charge on any atom is 0.0423 e. The lowest BCUT2D eigenvalue weighted by Crippen LogP contribution is -2.21. The quantitative estimate of drug-likeness (QED) is 0.923. The maximum atomic E-state index is 5.79. The molecule has 3 heteroatoms. The van der Waals surface area contributed by atoms with Crippen molar-refractivity contribution in [3.05, 3.63) is 28.2 Å². The normalized spacial score (nSPS) is 20.4. The molecule has 16 heavy (non-hydrogen) atoms. The minimum Gasteiger partial charge on any atom is -0.371 e. The van der Waals surface area contributed by atoms with Gasteiger partial charge in [0.05, 0.1) is 0 Å². The summed E-state index contributed by atoms with van der Waals surface area (Å²) in [5, 5.41) is 0. The van der Waals surface area contributed by atoms with Crippen molar-refractivity contribution in [1.82, 2.24) is 0 Å². The molecule has 88 valence electrons. The van der Waals surface area contributed by atoms with Gasteiger partial charge in [0.1, 0.15) is 0 Å². The van der Waals surface area contributed by atoms with Crippen LogP contribution >= 0.6 is 15.9 Å². The van der Waals surface area contributed by atoms with Crippen LogP contribution in [0.1, 0.15) is 25.3 Å². The molecule has 1 aromatic carbocycles. The van der Waals surface area contributed by atoms with E-state index in [4.69, 9.17) is 5.73 Å². The van der Waals surface area contributed by atoms with Gasteiger partial charge in [-0.1, -0.05) is 35.3 Å². The summed E-state index contributed by atoms with van der Waals surface area (Å²) in [6.07, 6.45) is 2.59. The topological polar surface area (TPSA) is 29.3 Å². The molecule has 1 aromatic rings. The van der Waals surface area contributed by atoms with Crippen LogP contribution in [0.25, 0.3) is 0 Å². The molecule has 1 saturated heterocycles. The minimum atomic E-state index is 0.621. The summed E-state index contributed by atoms with van der Waals surface area (Å²) >= 11 is 3.54. The van der Waals surface area contributed by atoms with E-state index in [2.05, 4.69) is 46.0 Å². The molecule has 2 nitrogen and oxygen atoms in total. The Morgan fingerprint density at radius 2 is 2.31 bits per heavy atom. The van der Waals surface area contributed by atoms with Crippen molar-refractivity contribution in [2.45, 2.75) is 26.3 Å². The first kappa shape index (κ1) is 11.9. The fraction of sp³-hybridized carbons (Fsp3) is 0.538. The maximum absolute atomic E-state index is 5.79. The van der Waals surface area contributed by atoms with Crippen molar-refractivity contribution >= 4 is 21.6 Å². The highest BCUT2D eigenvalue weighted by molar-refractivity contribution is 9.10. The van der Waals surface area contributed by atoms with Crippen LogP contribution in [0.4, 0.5) is 5.69 Å². The smallest absolute Gasteiger partial charge is 0.0423 e. The van der Waals surface area contributed by atoms with Crippen molar-refractivity contribution in [3.63, 3.8) is 0 Å². The highest BCUT2D eigenvalue weighted by Gasteiger charge is 2.22. The van der Waals surface area contributed by atoms with E-state index in [1.165, 1.54) is 37.2 Å². The average molecular weight is 283 g/mol. The Balaban J connectivity index is 2.22. The number of halogens is 1. The molecule has 1 aliphatic heterocycles. The predicted molar refractivity (Wildman–Crippen MR) is 72.6 cm³/mol. The first-order valence-electron chi connectivity index (χ1n) is 5.98. The van der Waals surface area contributed by atoms with Crippen molar-refractivity contribution in [1.29, 1.82) is 0 Å². The van der Waals surface area contributed by atoms with E-state index in [1.54, 1.807) is 0 Å². The van der Waals surface area contributed by atoms with Crippen LogP contribution in [0.5, 0.6) is 0 Å². The summed E-state index contributed by atoms with van der Waals surface area (Å²) < 4.78 is 1.14. The molecule has 1 atom stereocenters. The van der Waals surface area contributed by atoms with E-state index in [9.17, 15) is 0 Å². The van der Waals surface area contributed by atoms with Gasteiger partial charge in [0.15, 0.2) is 0 Å². The third-order valence-corrected chi connectivity index (χ3v) is 3.96. The predicted octanol–water partition coefficient (Wildman–Crippen LogP) is 3.14. The molecule has 0 amide bonds. The van der Waals surface area contributed by atoms with E-state index < -0.39 is 0 Å². The van der Waals surface area contributed by atoms with Crippen LogP contribution in [0, 0.1) is 5.92 Å². The van der Waals surface area contributed by atoms with Crippen molar-refractivity contribution in [2.75, 3.05) is 18.0 Å². The third-order valence-electron chi connectivity index (χ3n) is 3.47. The molecule has 1 aliphatic rings. The van der Waals surface area contributed by atoms with Gasteiger partial charge >= 0.3 is 0 Å². The molecule has 0 bridgehead atoms. The molecular formula is C13H19BrN2. The monoisotopic (exact) mass is 282 g/mol. The van der Waals surface area contributed by atoms with Crippen LogP contribution in [0.3, 0.4) is 0 Å². The zero-order chi connectivity index (χ0) is 11.5. The first-order valence-corrected chi connectivity index (χ1v) is 6.77. The first-order chi connectivity index (χ1) is 7.74. The lowest BCUT2D eigenvalue weighted by atomic mass is 10.1. The van der Waals surface area contributed by atoms with Crippen molar-refractivity contribution in [2.24, 2.45) is 11.7 Å². The summed E-state index contributed by atoms with van der Waals surface area (Å²) in [6, 6.07) is 6.39. The zero-order valence-electron chi connectivity index (χ0n) is 9.75. The second kappa shape index (κ2) is 5.19. The third kappa shape index (κ3) is 2.41. The van der Waals surface area contributed by atoms with Crippen LogP contribution in [0.15, 0.2) is 22.7 Å². The summed E-state index contributed by atoms with van der Waals surface area (Å²) in [6.45, 7) is 5.25. The molecule has 2 rings (SSSR count). The Bertz CT molecular complexity index is 365. The van der Waals surface area contributed by atoms with E-state index in [0.29, 0.717) is 6.54 Å². The summed E-state index contributed by atoms with van der Waals surface area (Å²) in [5.41, 5.74) is 8.36. The lowest BCUT2D eigenvalue weighted by Gasteiger charge is -2.22. The Morgan fingerprint density at radius 3 is 2.94 bits per heavy atom. The zero-order valence-corrected chi connectivity index (χ0v) is 11.3. The van der Waals surface area contributed by atoms with Gasteiger partial charge in [-0.25, -0.2) is 0 Å². The number of nitrogens with two attached hydrogens (primary N) is 1. The van der Waals surface area contributed by atoms with Crippen LogP contribution < -0.4 is 10.6 Å². The fourth-order valence-corrected chi connectivity index (χ4v) is 2.74. The highest BCUT2D eigenvalue weighted by atomic mass is 79.9. The molecule has 0 aromatic heterocycles. The summed E-state index contributed by atoms with van der Waals surface area (Å²) in [7, 11) is 0.